The number of carboxylic acid groups (broad SMARTS) is 1. The number of para-hydroxylation sites is 2. The lowest BCUT2D eigenvalue weighted by molar-refractivity contribution is -0.137. The van der Waals surface area contributed by atoms with Crippen LogP contribution >= 0.6 is 0 Å². The number of aliphatic carboxylic acids is 1. The van der Waals surface area contributed by atoms with Crippen LogP contribution in [0.4, 0.5) is 22.7 Å². The van der Waals surface area contributed by atoms with Gasteiger partial charge in [0.25, 0.3) is 11.8 Å². The Kier molecular flexibility index (Phi) is 13.1. The Balaban J connectivity index is 1.02. The number of methoxy groups -OCH3 is 2. The number of fused-ring (bicyclic) bond motifs is 8. The molecule has 0 fully saturated rings. The Morgan fingerprint density at radius 3 is 2.09 bits per heavy atom. The highest BCUT2D eigenvalue weighted by Gasteiger charge is 2.41. The molecule has 0 saturated heterocycles. The van der Waals surface area contributed by atoms with Crippen molar-refractivity contribution in [3.8, 4) is 11.5 Å². The molecular weight excluding hydrogens is 875 g/mol. The van der Waals surface area contributed by atoms with Crippen molar-refractivity contribution in [2.24, 2.45) is 9.98 Å². The minimum atomic E-state index is -0.858. The van der Waals surface area contributed by atoms with Crippen molar-refractivity contribution in [3.05, 3.63) is 130 Å². The predicted molar refractivity (Wildman–Crippen MR) is 267 cm³/mol. The van der Waals surface area contributed by atoms with Crippen molar-refractivity contribution in [2.45, 2.75) is 116 Å². The number of carbonyl (C=O) groups is 3. The summed E-state index contributed by atoms with van der Waals surface area (Å²) in [5, 5.41) is 9.68. The number of hydrogen-bond acceptors (Lipinski definition) is 11. The number of carboxylic acids is 1. The van der Waals surface area contributed by atoms with Crippen LogP contribution in [-0.2, 0) is 49.9 Å². The van der Waals surface area contributed by atoms with Gasteiger partial charge in [-0.3, -0.25) is 34.2 Å². The quantitative estimate of drug-likeness (QED) is 0.108. The van der Waals surface area contributed by atoms with Gasteiger partial charge in [-0.25, -0.2) is 0 Å². The third kappa shape index (κ3) is 9.85. The van der Waals surface area contributed by atoms with Crippen molar-refractivity contribution >= 4 is 53.0 Å². The summed E-state index contributed by atoms with van der Waals surface area (Å²) >= 11 is 0. The second-order valence-corrected chi connectivity index (χ2v) is 19.8. The zero-order valence-corrected chi connectivity index (χ0v) is 40.5. The molecule has 0 saturated carbocycles. The smallest absolute Gasteiger partial charge is 0.303 e. The third-order valence-corrected chi connectivity index (χ3v) is 13.5. The molecule has 0 radical (unpaired) electrons. The summed E-state index contributed by atoms with van der Waals surface area (Å²) in [5.74, 6) is 0.757. The second-order valence-electron chi connectivity index (χ2n) is 19.8. The van der Waals surface area contributed by atoms with Crippen LogP contribution < -0.4 is 24.2 Å². The minimum absolute atomic E-state index is 0.0125. The molecule has 9 rings (SSSR count). The predicted octanol–water partition coefficient (Wildman–Crippen LogP) is 9.33. The maximum absolute atomic E-state index is 14.2. The third-order valence-electron chi connectivity index (χ3n) is 13.5. The van der Waals surface area contributed by atoms with E-state index in [1.807, 2.05) is 86.6 Å². The molecule has 14 nitrogen and oxygen atoms in total. The van der Waals surface area contributed by atoms with Crippen molar-refractivity contribution in [3.63, 3.8) is 0 Å². The highest BCUT2D eigenvalue weighted by Crippen LogP contribution is 2.42. The van der Waals surface area contributed by atoms with E-state index < -0.39 is 17.6 Å². The van der Waals surface area contributed by atoms with Gasteiger partial charge >= 0.3 is 5.97 Å². The summed E-state index contributed by atoms with van der Waals surface area (Å²) in [6.45, 7) is 11.6. The van der Waals surface area contributed by atoms with Gasteiger partial charge in [0.1, 0.15) is 19.0 Å². The zero-order valence-electron chi connectivity index (χ0n) is 40.5. The molecule has 1 unspecified atom stereocenters. The van der Waals surface area contributed by atoms with Crippen molar-refractivity contribution in [1.29, 1.82) is 0 Å². The van der Waals surface area contributed by atoms with Gasteiger partial charge in [-0.2, -0.15) is 0 Å². The van der Waals surface area contributed by atoms with E-state index in [1.165, 1.54) is 0 Å². The normalized spacial score (nSPS) is 19.1. The van der Waals surface area contributed by atoms with Crippen LogP contribution in [0.5, 0.6) is 11.5 Å². The van der Waals surface area contributed by atoms with Crippen molar-refractivity contribution in [1.82, 2.24) is 0 Å². The maximum Gasteiger partial charge on any atom is 0.303 e. The Hall–Kier alpha value is -6.93. The highest BCUT2D eigenvalue weighted by molar-refractivity contribution is 6.15. The van der Waals surface area contributed by atoms with Gasteiger partial charge in [-0.15, -0.1) is 0 Å². The summed E-state index contributed by atoms with van der Waals surface area (Å²) < 4.78 is 31.2. The van der Waals surface area contributed by atoms with Gasteiger partial charge in [-0.05, 0) is 112 Å². The summed E-state index contributed by atoms with van der Waals surface area (Å²) in [6, 6.07) is 24.7. The number of ether oxygens (including phenoxy) is 5. The summed E-state index contributed by atoms with van der Waals surface area (Å²) in [7, 11) is 3.12. The molecule has 3 atom stereocenters. The molecule has 0 spiro atoms. The molecule has 4 aromatic carbocycles. The van der Waals surface area contributed by atoms with E-state index in [1.54, 1.807) is 37.3 Å². The first-order chi connectivity index (χ1) is 33.1. The summed E-state index contributed by atoms with van der Waals surface area (Å²) in [6.07, 6.45) is 8.32. The minimum Gasteiger partial charge on any atom is -0.493 e. The molecule has 14 heteroatoms. The molecule has 5 aliphatic rings. The fourth-order valence-corrected chi connectivity index (χ4v) is 9.98. The van der Waals surface area contributed by atoms with Crippen LogP contribution in [0.2, 0.25) is 0 Å². The second kappa shape index (κ2) is 19.2. The average molecular weight is 936 g/mol. The van der Waals surface area contributed by atoms with Crippen LogP contribution in [0, 0.1) is 0 Å². The monoisotopic (exact) mass is 935 g/mol. The molecule has 1 aliphatic carbocycles. The van der Waals surface area contributed by atoms with E-state index in [9.17, 15) is 19.5 Å². The Morgan fingerprint density at radius 2 is 1.43 bits per heavy atom. The van der Waals surface area contributed by atoms with Crippen LogP contribution in [0.25, 0.3) is 0 Å². The van der Waals surface area contributed by atoms with Gasteiger partial charge in [0.2, 0.25) is 0 Å². The zero-order chi connectivity index (χ0) is 48.6. The molecule has 0 bridgehead atoms. The molecule has 4 aromatic rings. The Labute approximate surface area is 403 Å². The van der Waals surface area contributed by atoms with Crippen LogP contribution in [0.3, 0.4) is 0 Å². The first kappa shape index (κ1) is 47.1. The lowest BCUT2D eigenvalue weighted by Gasteiger charge is -2.41. The summed E-state index contributed by atoms with van der Waals surface area (Å²) in [4.78, 5) is 55.8. The maximum atomic E-state index is 14.2. The van der Waals surface area contributed by atoms with Gasteiger partial charge in [0, 0.05) is 85.5 Å². The van der Waals surface area contributed by atoms with Crippen LogP contribution in [0.1, 0.15) is 92.9 Å². The largest absolute Gasteiger partial charge is 0.493 e. The number of hydrogen-bond donors (Lipinski definition) is 1. The van der Waals surface area contributed by atoms with E-state index in [-0.39, 0.29) is 49.1 Å². The lowest BCUT2D eigenvalue weighted by Crippen LogP contribution is -2.46. The van der Waals surface area contributed by atoms with E-state index in [2.05, 4.69) is 36.9 Å². The molecule has 4 aliphatic heterocycles. The van der Waals surface area contributed by atoms with Gasteiger partial charge < -0.3 is 33.7 Å². The van der Waals surface area contributed by atoms with Gasteiger partial charge in [0.15, 0.2) is 17.3 Å². The number of carbonyl (C=O) groups excluding carboxylic acids is 2. The molecule has 0 aromatic heterocycles. The SMILES string of the molecule is COC1=C(OCc2cc(COc3cc4c(cc3OC)C(=O)N3c5ccccc5C[C@H]3C=N4)cc(N(CCCC(=O)O)C(C)(C)CCOC(C)(C)C)c2)CC2N=C[C@@H]3Cc4ccccc4N3C(=O)C2=C1. The van der Waals surface area contributed by atoms with Crippen molar-refractivity contribution in [2.75, 3.05) is 42.1 Å². The first-order valence-electron chi connectivity index (χ1n) is 23.7. The lowest BCUT2D eigenvalue weighted by atomic mass is 9.95. The van der Waals surface area contributed by atoms with E-state index in [0.29, 0.717) is 85.1 Å². The molecule has 1 N–H and O–H groups in total. The number of rotatable bonds is 17. The number of benzene rings is 4. The van der Waals surface area contributed by atoms with E-state index in [0.717, 1.165) is 39.3 Å². The number of anilines is 3. The summed E-state index contributed by atoms with van der Waals surface area (Å²) in [5.41, 5.74) is 7.19. The molecule has 4 heterocycles. The van der Waals surface area contributed by atoms with Gasteiger partial charge in [-0.1, -0.05) is 36.4 Å². The first-order valence-corrected chi connectivity index (χ1v) is 23.7. The van der Waals surface area contributed by atoms with Crippen LogP contribution in [-0.4, -0.2) is 92.0 Å². The van der Waals surface area contributed by atoms with Gasteiger partial charge in [0.05, 0.1) is 49.2 Å². The highest BCUT2D eigenvalue weighted by atomic mass is 16.5. The Morgan fingerprint density at radius 1 is 0.783 bits per heavy atom. The number of amides is 2. The molecular formula is C55H61N5O9. The molecule has 69 heavy (non-hydrogen) atoms. The van der Waals surface area contributed by atoms with E-state index >= 15 is 0 Å². The molecule has 2 amide bonds. The standard InChI is InChI=1S/C55H61N5O9/c1-54(2,3)69-20-18-55(4,5)58(19-12-17-51(61)62)38-22-34(32-67-49-28-43-41(26-47(49)65-6)52(63)59-39(30-56-43)24-36-13-8-10-15-45(36)59)21-35(23-38)33-68-50-29-44-42(27-48(50)66-7)53(64)60-40(31-57-44)25-37-14-9-11-16-46(37)60/h8-11,13-16,21-23,26-28,30-31,39-40,44H,12,17-20,24-25,29,32-33H2,1-7H3,(H,61,62)/t39-,40-,44?/m0/s1. The van der Waals surface area contributed by atoms with Crippen LogP contribution in [0.15, 0.2) is 112 Å². The topological polar surface area (TPSA) is 152 Å². The fraction of sp³-hybridized carbons (Fsp3) is 0.400. The molecule has 360 valence electrons. The number of nitrogens with zero attached hydrogens (tertiary/aromatic N) is 5. The van der Waals surface area contributed by atoms with E-state index in [4.69, 9.17) is 33.7 Å². The fourth-order valence-electron chi connectivity index (χ4n) is 9.98. The average Bonchev–Trinajstić information content (AvgIpc) is 3.81. The Bertz CT molecular complexity index is 2790. The van der Waals surface area contributed by atoms with Crippen molar-refractivity contribution < 1.29 is 43.2 Å². The number of aliphatic imine (C=N–C) groups is 2. The number of allylic oxidation sites excluding steroid dienone is 1.